The van der Waals surface area contributed by atoms with Crippen molar-refractivity contribution in [3.8, 4) is 11.5 Å². The van der Waals surface area contributed by atoms with Gasteiger partial charge in [-0.25, -0.2) is 5.01 Å². The minimum Gasteiger partial charge on any atom is -0.493 e. The minimum atomic E-state index is -0.297. The highest BCUT2D eigenvalue weighted by Gasteiger charge is 2.35. The highest BCUT2D eigenvalue weighted by Crippen LogP contribution is 2.42. The number of para-hydroxylation sites is 2. The van der Waals surface area contributed by atoms with Crippen LogP contribution in [0.15, 0.2) is 87.4 Å². The number of methoxy groups -OCH3 is 2. The number of amides is 1. The van der Waals surface area contributed by atoms with Crippen LogP contribution in [0.25, 0.3) is 10.9 Å². The van der Waals surface area contributed by atoms with Gasteiger partial charge in [0.25, 0.3) is 5.91 Å². The van der Waals surface area contributed by atoms with Gasteiger partial charge in [0, 0.05) is 45.5 Å². The van der Waals surface area contributed by atoms with Gasteiger partial charge in [-0.3, -0.25) is 4.79 Å². The molecule has 0 radical (unpaired) electrons. The molecule has 0 saturated heterocycles. The van der Waals surface area contributed by atoms with Crippen molar-refractivity contribution in [1.29, 1.82) is 0 Å². The predicted molar refractivity (Wildman–Crippen MR) is 148 cm³/mol. The molecule has 1 atom stereocenters. The molecule has 2 heterocycles. The standard InChI is InChI=1S/C28H26BrN3O3S/c1-31-16-26(20-7-4-5-9-23(20)31)36-17-27(33)32-24(21-8-6-10-25(34-2)28(21)35-3)15-22(30-32)18-11-13-19(29)14-12-18/h4-14,16,24H,15,17H2,1-3H3/t24-/m1/s1. The lowest BCUT2D eigenvalue weighted by atomic mass is 9.97. The van der Waals surface area contributed by atoms with Crippen molar-refractivity contribution in [2.75, 3.05) is 20.0 Å². The number of halogens is 1. The van der Waals surface area contributed by atoms with Crippen LogP contribution >= 0.6 is 27.7 Å². The second kappa shape index (κ2) is 10.4. The maximum Gasteiger partial charge on any atom is 0.253 e. The molecule has 4 aromatic rings. The summed E-state index contributed by atoms with van der Waals surface area (Å²) in [6.07, 6.45) is 2.65. The number of carbonyl (C=O) groups is 1. The highest BCUT2D eigenvalue weighted by atomic mass is 79.9. The third kappa shape index (κ3) is 4.63. The molecule has 0 bridgehead atoms. The summed E-state index contributed by atoms with van der Waals surface area (Å²) in [5.74, 6) is 1.46. The SMILES string of the molecule is COc1cccc([C@H]2CC(c3ccc(Br)cc3)=NN2C(=O)CSc2cn(C)c3ccccc23)c1OC. The lowest BCUT2D eigenvalue weighted by Crippen LogP contribution is -2.28. The van der Waals surface area contributed by atoms with E-state index in [9.17, 15) is 4.79 Å². The topological polar surface area (TPSA) is 56.1 Å². The molecule has 1 aliphatic rings. The van der Waals surface area contributed by atoms with Crippen molar-refractivity contribution in [1.82, 2.24) is 9.58 Å². The molecule has 8 heteroatoms. The van der Waals surface area contributed by atoms with Gasteiger partial charge in [0.1, 0.15) is 0 Å². The molecule has 184 valence electrons. The Bertz CT molecular complexity index is 1450. The van der Waals surface area contributed by atoms with Crippen LogP contribution in [-0.2, 0) is 11.8 Å². The summed E-state index contributed by atoms with van der Waals surface area (Å²) in [4.78, 5) is 14.7. The summed E-state index contributed by atoms with van der Waals surface area (Å²) < 4.78 is 14.3. The van der Waals surface area contributed by atoms with Gasteiger partial charge in [0.2, 0.25) is 0 Å². The lowest BCUT2D eigenvalue weighted by molar-refractivity contribution is -0.130. The number of benzene rings is 3. The number of ether oxygens (including phenoxy) is 2. The molecule has 5 rings (SSSR count). The normalized spacial score (nSPS) is 15.3. The van der Waals surface area contributed by atoms with Crippen molar-refractivity contribution < 1.29 is 14.3 Å². The number of aromatic nitrogens is 1. The first-order valence-electron chi connectivity index (χ1n) is 11.5. The van der Waals surface area contributed by atoms with E-state index in [0.29, 0.717) is 17.9 Å². The fourth-order valence-corrected chi connectivity index (χ4v) is 5.84. The van der Waals surface area contributed by atoms with Crippen molar-refractivity contribution in [2.45, 2.75) is 17.4 Å². The number of rotatable bonds is 7. The van der Waals surface area contributed by atoms with E-state index >= 15 is 0 Å². The van der Waals surface area contributed by atoms with Gasteiger partial charge < -0.3 is 14.0 Å². The number of hydrogen-bond donors (Lipinski definition) is 0. The van der Waals surface area contributed by atoms with Gasteiger partial charge >= 0.3 is 0 Å². The van der Waals surface area contributed by atoms with E-state index in [0.717, 1.165) is 37.1 Å². The molecule has 3 aromatic carbocycles. The van der Waals surface area contributed by atoms with Crippen LogP contribution in [0, 0.1) is 0 Å². The minimum absolute atomic E-state index is 0.0603. The van der Waals surface area contributed by atoms with Crippen molar-refractivity contribution in [2.24, 2.45) is 12.1 Å². The Balaban J connectivity index is 1.47. The third-order valence-corrected chi connectivity index (χ3v) is 7.90. The number of hydrogen-bond acceptors (Lipinski definition) is 5. The predicted octanol–water partition coefficient (Wildman–Crippen LogP) is 6.43. The molecular weight excluding hydrogens is 538 g/mol. The van der Waals surface area contributed by atoms with E-state index in [1.165, 1.54) is 11.8 Å². The molecule has 6 nitrogen and oxygen atoms in total. The second-order valence-corrected chi connectivity index (χ2v) is 10.4. The van der Waals surface area contributed by atoms with E-state index in [1.807, 2.05) is 61.6 Å². The van der Waals surface area contributed by atoms with Crippen LogP contribution in [0.4, 0.5) is 0 Å². The molecule has 0 aliphatic carbocycles. The molecule has 0 spiro atoms. The maximum atomic E-state index is 13.6. The van der Waals surface area contributed by atoms with Crippen LogP contribution in [-0.4, -0.2) is 41.2 Å². The summed E-state index contributed by atoms with van der Waals surface area (Å²) in [5, 5.41) is 7.59. The van der Waals surface area contributed by atoms with Crippen LogP contribution in [0.3, 0.4) is 0 Å². The number of thioether (sulfide) groups is 1. The van der Waals surface area contributed by atoms with Crippen LogP contribution in [0.5, 0.6) is 11.5 Å². The summed E-state index contributed by atoms with van der Waals surface area (Å²) in [6, 6.07) is 21.7. The van der Waals surface area contributed by atoms with Crippen molar-refractivity contribution in [3.63, 3.8) is 0 Å². The van der Waals surface area contributed by atoms with Gasteiger partial charge in [0.05, 0.1) is 31.7 Å². The Morgan fingerprint density at radius 1 is 1.06 bits per heavy atom. The zero-order valence-electron chi connectivity index (χ0n) is 20.3. The largest absolute Gasteiger partial charge is 0.493 e. The smallest absolute Gasteiger partial charge is 0.253 e. The van der Waals surface area contributed by atoms with Gasteiger partial charge in [-0.2, -0.15) is 5.10 Å². The molecular formula is C28H26BrN3O3S. The van der Waals surface area contributed by atoms with Gasteiger partial charge in [0.15, 0.2) is 11.5 Å². The van der Waals surface area contributed by atoms with E-state index < -0.39 is 0 Å². The van der Waals surface area contributed by atoms with Crippen molar-refractivity contribution in [3.05, 3.63) is 88.5 Å². The Morgan fingerprint density at radius 3 is 2.58 bits per heavy atom. The van der Waals surface area contributed by atoms with E-state index in [2.05, 4.69) is 38.8 Å². The van der Waals surface area contributed by atoms with Crippen LogP contribution in [0.2, 0.25) is 0 Å². The van der Waals surface area contributed by atoms with Gasteiger partial charge in [-0.15, -0.1) is 11.8 Å². The monoisotopic (exact) mass is 563 g/mol. The fourth-order valence-electron chi connectivity index (χ4n) is 4.60. The fraction of sp³-hybridized carbons (Fsp3) is 0.214. The first-order chi connectivity index (χ1) is 17.5. The molecule has 1 aliphatic heterocycles. The number of nitrogens with zero attached hydrogens (tertiary/aromatic N) is 3. The quantitative estimate of drug-likeness (QED) is 0.243. The van der Waals surface area contributed by atoms with E-state index in [-0.39, 0.29) is 17.7 Å². The second-order valence-electron chi connectivity index (χ2n) is 8.50. The lowest BCUT2D eigenvalue weighted by Gasteiger charge is -2.24. The summed E-state index contributed by atoms with van der Waals surface area (Å²) in [5.41, 5.74) is 3.86. The third-order valence-electron chi connectivity index (χ3n) is 6.35. The maximum absolute atomic E-state index is 13.6. The summed E-state index contributed by atoms with van der Waals surface area (Å²) in [7, 11) is 5.26. The molecule has 36 heavy (non-hydrogen) atoms. The number of aryl methyl sites for hydroxylation is 1. The molecule has 0 fully saturated rings. The van der Waals surface area contributed by atoms with E-state index in [4.69, 9.17) is 14.6 Å². The van der Waals surface area contributed by atoms with Crippen molar-refractivity contribution >= 4 is 50.2 Å². The average Bonchev–Trinajstić information content (AvgIpc) is 3.49. The average molecular weight is 565 g/mol. The molecule has 1 aromatic heterocycles. The highest BCUT2D eigenvalue weighted by molar-refractivity contribution is 9.10. The molecule has 0 N–H and O–H groups in total. The summed E-state index contributed by atoms with van der Waals surface area (Å²) in [6.45, 7) is 0. The number of carbonyl (C=O) groups excluding carboxylic acids is 1. The van der Waals surface area contributed by atoms with E-state index in [1.54, 1.807) is 19.2 Å². The number of fused-ring (bicyclic) bond motifs is 1. The zero-order chi connectivity index (χ0) is 25.2. The molecule has 1 amide bonds. The molecule has 0 unspecified atom stereocenters. The first kappa shape index (κ1) is 24.5. The van der Waals surface area contributed by atoms with Crippen LogP contribution < -0.4 is 9.47 Å². The van der Waals surface area contributed by atoms with Gasteiger partial charge in [-0.05, 0) is 29.8 Å². The summed E-state index contributed by atoms with van der Waals surface area (Å²) >= 11 is 5.03. The Labute approximate surface area is 223 Å². The zero-order valence-corrected chi connectivity index (χ0v) is 22.7. The van der Waals surface area contributed by atoms with Crippen LogP contribution in [0.1, 0.15) is 23.6 Å². The Morgan fingerprint density at radius 2 is 1.83 bits per heavy atom. The first-order valence-corrected chi connectivity index (χ1v) is 13.3. The molecule has 0 saturated carbocycles. The Kier molecular flexibility index (Phi) is 7.07. The number of hydrazone groups is 1. The Hall–Kier alpha value is -3.23. The van der Waals surface area contributed by atoms with Gasteiger partial charge in [-0.1, -0.05) is 58.4 Å².